The van der Waals surface area contributed by atoms with Gasteiger partial charge >= 0.3 is 0 Å². The highest BCUT2D eigenvalue weighted by molar-refractivity contribution is 6.09. The topological polar surface area (TPSA) is 78.7 Å². The predicted octanol–water partition coefficient (Wildman–Crippen LogP) is 4.18. The zero-order chi connectivity index (χ0) is 24.1. The van der Waals surface area contributed by atoms with Gasteiger partial charge in [0.15, 0.2) is 40.7 Å². The number of ketones is 1. The maximum atomic E-state index is 14.2. The zero-order valence-corrected chi connectivity index (χ0v) is 14.8. The Morgan fingerprint density at radius 1 is 0.906 bits per heavy atom. The number of nitriles is 1. The molecule has 0 saturated carbocycles. The number of hydrogen-bond acceptors (Lipinski definition) is 3. The number of benzene rings is 2. The molecule has 0 aliphatic heterocycles. The smallest absolute Gasteiger partial charge is 0.283 e. The Kier molecular flexibility index (Phi) is 5.60. The van der Waals surface area contributed by atoms with Gasteiger partial charge < -0.3 is 0 Å². The molecule has 1 N–H and O–H groups in total. The van der Waals surface area contributed by atoms with Crippen LogP contribution in [-0.4, -0.2) is 15.6 Å². The average Bonchev–Trinajstić information content (AvgIpc) is 3.07. The Bertz CT molecular complexity index is 1330. The SMILES string of the molecule is N#Cc1c(F)c(F)c(-n2[nH]c(C(F)F)c(C(=O)c3cc(F)c(F)c(F)c3)c2=O)c(F)c1F. The first-order chi connectivity index (χ1) is 14.9. The van der Waals surface area contributed by atoms with E-state index in [1.807, 2.05) is 0 Å². The first-order valence-electron chi connectivity index (χ1n) is 8.01. The largest absolute Gasteiger partial charge is 0.288 e. The van der Waals surface area contributed by atoms with E-state index < -0.39 is 91.2 Å². The van der Waals surface area contributed by atoms with Gasteiger partial charge in [-0.25, -0.2) is 44.2 Å². The van der Waals surface area contributed by atoms with Crippen molar-refractivity contribution in [3.05, 3.63) is 85.6 Å². The predicted molar refractivity (Wildman–Crippen MR) is 85.6 cm³/mol. The lowest BCUT2D eigenvalue weighted by Crippen LogP contribution is -2.24. The average molecular weight is 465 g/mol. The number of aromatic amines is 1. The zero-order valence-electron chi connectivity index (χ0n) is 14.8. The molecule has 5 nitrogen and oxygen atoms in total. The Labute approximate surface area is 169 Å². The van der Waals surface area contributed by atoms with E-state index in [4.69, 9.17) is 5.26 Å². The molecule has 166 valence electrons. The van der Waals surface area contributed by atoms with Gasteiger partial charge in [0.1, 0.15) is 28.6 Å². The van der Waals surface area contributed by atoms with E-state index in [0.29, 0.717) is 0 Å². The first kappa shape index (κ1) is 22.7. The third-order valence-electron chi connectivity index (χ3n) is 4.19. The normalized spacial score (nSPS) is 11.2. The van der Waals surface area contributed by atoms with Crippen LogP contribution in [0.2, 0.25) is 0 Å². The molecule has 0 amide bonds. The summed E-state index contributed by atoms with van der Waals surface area (Å²) in [5, 5.41) is 9.98. The fourth-order valence-electron chi connectivity index (χ4n) is 2.73. The van der Waals surface area contributed by atoms with Crippen molar-refractivity contribution in [1.29, 1.82) is 5.26 Å². The van der Waals surface area contributed by atoms with E-state index in [1.165, 1.54) is 5.10 Å². The lowest BCUT2D eigenvalue weighted by Gasteiger charge is -2.08. The number of carbonyl (C=O) groups is 1. The second-order valence-corrected chi connectivity index (χ2v) is 6.02. The van der Waals surface area contributed by atoms with E-state index >= 15 is 0 Å². The molecule has 3 rings (SSSR count). The molecule has 0 atom stereocenters. The van der Waals surface area contributed by atoms with E-state index in [9.17, 15) is 49.1 Å². The van der Waals surface area contributed by atoms with Gasteiger partial charge in [-0.15, -0.1) is 0 Å². The van der Waals surface area contributed by atoms with Crippen LogP contribution in [0.15, 0.2) is 16.9 Å². The molecule has 2 aromatic carbocycles. The van der Waals surface area contributed by atoms with Crippen molar-refractivity contribution < 1.29 is 44.3 Å². The van der Waals surface area contributed by atoms with Crippen LogP contribution in [0.25, 0.3) is 5.69 Å². The van der Waals surface area contributed by atoms with Crippen LogP contribution in [0.3, 0.4) is 0 Å². The fourth-order valence-corrected chi connectivity index (χ4v) is 2.73. The minimum Gasteiger partial charge on any atom is -0.288 e. The summed E-state index contributed by atoms with van der Waals surface area (Å²) in [6.07, 6.45) is -3.74. The fraction of sp³-hybridized carbons (Fsp3) is 0.0556. The van der Waals surface area contributed by atoms with Crippen molar-refractivity contribution in [2.75, 3.05) is 0 Å². The lowest BCUT2D eigenvalue weighted by atomic mass is 10.0. The van der Waals surface area contributed by atoms with Crippen LogP contribution in [0.4, 0.5) is 39.5 Å². The molecule has 0 unspecified atom stereocenters. The van der Waals surface area contributed by atoms with Gasteiger partial charge in [0.25, 0.3) is 12.0 Å². The number of rotatable bonds is 4. The number of H-pyrrole nitrogens is 1. The van der Waals surface area contributed by atoms with Crippen molar-refractivity contribution in [1.82, 2.24) is 9.78 Å². The van der Waals surface area contributed by atoms with E-state index in [0.717, 1.165) is 6.07 Å². The number of hydrogen-bond donors (Lipinski definition) is 1. The van der Waals surface area contributed by atoms with Crippen molar-refractivity contribution in [2.45, 2.75) is 6.43 Å². The highest BCUT2D eigenvalue weighted by Gasteiger charge is 2.33. The molecule has 0 fully saturated rings. The lowest BCUT2D eigenvalue weighted by molar-refractivity contribution is 0.102. The van der Waals surface area contributed by atoms with E-state index in [1.54, 1.807) is 0 Å². The van der Waals surface area contributed by atoms with Crippen LogP contribution in [0.5, 0.6) is 0 Å². The number of carbonyl (C=O) groups excluding carboxylic acids is 1. The van der Waals surface area contributed by atoms with Gasteiger partial charge in [0.2, 0.25) is 5.78 Å². The summed E-state index contributed by atoms with van der Waals surface area (Å²) < 4.78 is 122. The monoisotopic (exact) mass is 465 g/mol. The number of nitrogens with zero attached hydrogens (tertiary/aromatic N) is 2. The summed E-state index contributed by atoms with van der Waals surface area (Å²) in [5.74, 6) is -16.9. The summed E-state index contributed by atoms with van der Waals surface area (Å²) in [6, 6.07) is 0.954. The Balaban J connectivity index is 2.34. The third-order valence-corrected chi connectivity index (χ3v) is 4.19. The highest BCUT2D eigenvalue weighted by atomic mass is 19.3. The molecule has 0 radical (unpaired) electrons. The molecular weight excluding hydrogens is 461 g/mol. The highest BCUT2D eigenvalue weighted by Crippen LogP contribution is 2.28. The first-order valence-corrected chi connectivity index (χ1v) is 8.01. The van der Waals surface area contributed by atoms with Crippen LogP contribution < -0.4 is 5.56 Å². The van der Waals surface area contributed by atoms with Crippen molar-refractivity contribution in [3.8, 4) is 11.8 Å². The van der Waals surface area contributed by atoms with Gasteiger partial charge in [-0.1, -0.05) is 0 Å². The van der Waals surface area contributed by atoms with E-state index in [2.05, 4.69) is 0 Å². The summed E-state index contributed by atoms with van der Waals surface area (Å²) in [4.78, 5) is 25.0. The van der Waals surface area contributed by atoms with Crippen LogP contribution in [-0.2, 0) is 0 Å². The second kappa shape index (κ2) is 7.91. The Hall–Kier alpha value is -4.02. The minimum absolute atomic E-state index is 0.0645. The number of halogens is 9. The minimum atomic E-state index is -3.74. The van der Waals surface area contributed by atoms with Gasteiger partial charge in [-0.3, -0.25) is 14.7 Å². The molecule has 0 saturated heterocycles. The quantitative estimate of drug-likeness (QED) is 0.272. The van der Waals surface area contributed by atoms with Gasteiger partial charge in [0, 0.05) is 5.56 Å². The van der Waals surface area contributed by atoms with Crippen LogP contribution in [0, 0.1) is 52.1 Å². The number of nitrogens with one attached hydrogen (secondary N) is 1. The second-order valence-electron chi connectivity index (χ2n) is 6.02. The number of alkyl halides is 2. The molecule has 0 spiro atoms. The van der Waals surface area contributed by atoms with Crippen LogP contribution in [0.1, 0.15) is 33.6 Å². The summed E-state index contributed by atoms with van der Waals surface area (Å²) in [7, 11) is 0. The molecule has 14 heteroatoms. The maximum Gasteiger partial charge on any atom is 0.283 e. The summed E-state index contributed by atoms with van der Waals surface area (Å²) >= 11 is 0. The summed E-state index contributed by atoms with van der Waals surface area (Å²) in [6.45, 7) is 0. The molecule has 0 aliphatic rings. The van der Waals surface area contributed by atoms with Crippen molar-refractivity contribution in [3.63, 3.8) is 0 Å². The standard InChI is InChI=1S/C18H4F9N3O2/c19-6-1-4(2-7(20)11(6)23)16(31)8-14(17(26)27)29-30(18(8)32)15-12(24)9(21)5(3-28)10(22)13(15)25/h1-2,17,29H. The molecule has 3 aromatic rings. The van der Waals surface area contributed by atoms with Gasteiger partial charge in [0.05, 0.1) is 0 Å². The van der Waals surface area contributed by atoms with Gasteiger partial charge in [-0.2, -0.15) is 5.26 Å². The molecule has 0 aliphatic carbocycles. The van der Waals surface area contributed by atoms with Crippen LogP contribution >= 0.6 is 0 Å². The molecule has 1 heterocycles. The number of aromatic nitrogens is 2. The summed E-state index contributed by atoms with van der Waals surface area (Å²) in [5.41, 5.74) is -9.99. The van der Waals surface area contributed by atoms with E-state index in [-0.39, 0.29) is 12.1 Å². The van der Waals surface area contributed by atoms with Crippen molar-refractivity contribution >= 4 is 5.78 Å². The van der Waals surface area contributed by atoms with Crippen molar-refractivity contribution in [2.24, 2.45) is 0 Å². The Morgan fingerprint density at radius 3 is 1.84 bits per heavy atom. The molecule has 32 heavy (non-hydrogen) atoms. The Morgan fingerprint density at radius 2 is 1.41 bits per heavy atom. The molecule has 1 aromatic heterocycles. The third kappa shape index (κ3) is 3.31. The molecule has 0 bridgehead atoms. The van der Waals surface area contributed by atoms with Gasteiger partial charge in [-0.05, 0) is 12.1 Å². The maximum absolute atomic E-state index is 14.2. The molecular formula is C18H4F9N3O2.